The highest BCUT2D eigenvalue weighted by Crippen LogP contribution is 2.26. The van der Waals surface area contributed by atoms with Gasteiger partial charge in [-0.1, -0.05) is 18.2 Å². The van der Waals surface area contributed by atoms with E-state index in [1.807, 2.05) is 65.3 Å². The fourth-order valence-corrected chi connectivity index (χ4v) is 3.65. The molecule has 2 heterocycles. The van der Waals surface area contributed by atoms with Crippen LogP contribution in [0.1, 0.15) is 23.3 Å². The summed E-state index contributed by atoms with van der Waals surface area (Å²) in [5.74, 6) is 1.13. The minimum Gasteiger partial charge on any atom is -0.497 e. The maximum absolute atomic E-state index is 12.8. The summed E-state index contributed by atoms with van der Waals surface area (Å²) >= 11 is 0. The third kappa shape index (κ3) is 5.01. The molecule has 1 fully saturated rings. The SMILES string of the molecule is COc1ccc(-c2cc(C(=O)NCC3CCCNC3)nn2-c2ccccc2)cc1.Cl. The van der Waals surface area contributed by atoms with Crippen LogP contribution < -0.4 is 15.4 Å². The third-order valence-electron chi connectivity index (χ3n) is 5.28. The molecule has 2 aromatic carbocycles. The molecule has 1 aliphatic heterocycles. The number of carbonyl (C=O) groups is 1. The van der Waals surface area contributed by atoms with Crippen molar-refractivity contribution >= 4 is 18.3 Å². The summed E-state index contributed by atoms with van der Waals surface area (Å²) in [6.07, 6.45) is 2.30. The standard InChI is InChI=1S/C23H26N4O2.ClH/c1-29-20-11-9-18(10-12-20)22-14-21(26-27(22)19-7-3-2-4-8-19)23(28)25-16-17-6-5-13-24-15-17;/h2-4,7-12,14,17,24H,5-6,13,15-16H2,1H3,(H,25,28);1H. The van der Waals surface area contributed by atoms with Gasteiger partial charge in [0.2, 0.25) is 0 Å². The highest BCUT2D eigenvalue weighted by atomic mass is 35.5. The van der Waals surface area contributed by atoms with Crippen LogP contribution in [0, 0.1) is 5.92 Å². The Morgan fingerprint density at radius 3 is 2.63 bits per heavy atom. The molecule has 2 N–H and O–H groups in total. The number of para-hydroxylation sites is 1. The van der Waals surface area contributed by atoms with Crippen LogP contribution in [0.3, 0.4) is 0 Å². The maximum Gasteiger partial charge on any atom is 0.271 e. The number of ether oxygens (including phenoxy) is 1. The van der Waals surface area contributed by atoms with E-state index < -0.39 is 0 Å². The van der Waals surface area contributed by atoms with E-state index in [0.29, 0.717) is 18.2 Å². The van der Waals surface area contributed by atoms with Crippen LogP contribution in [0.25, 0.3) is 16.9 Å². The van der Waals surface area contributed by atoms with Gasteiger partial charge in [-0.2, -0.15) is 5.10 Å². The molecule has 1 amide bonds. The average molecular weight is 427 g/mol. The molecular weight excluding hydrogens is 400 g/mol. The Labute approximate surface area is 183 Å². The quantitative estimate of drug-likeness (QED) is 0.630. The van der Waals surface area contributed by atoms with Crippen LogP contribution in [-0.2, 0) is 0 Å². The first-order chi connectivity index (χ1) is 14.2. The molecule has 0 aliphatic carbocycles. The highest BCUT2D eigenvalue weighted by Gasteiger charge is 2.19. The van der Waals surface area contributed by atoms with E-state index in [1.165, 1.54) is 0 Å². The number of benzene rings is 2. The summed E-state index contributed by atoms with van der Waals surface area (Å²) in [4.78, 5) is 12.8. The lowest BCUT2D eigenvalue weighted by Crippen LogP contribution is -2.38. The average Bonchev–Trinajstić information content (AvgIpc) is 3.24. The van der Waals surface area contributed by atoms with E-state index >= 15 is 0 Å². The molecule has 0 bridgehead atoms. The van der Waals surface area contributed by atoms with E-state index in [4.69, 9.17) is 4.74 Å². The number of rotatable bonds is 6. The molecule has 0 saturated carbocycles. The molecule has 30 heavy (non-hydrogen) atoms. The van der Waals surface area contributed by atoms with Crippen molar-refractivity contribution in [3.63, 3.8) is 0 Å². The van der Waals surface area contributed by atoms with Crippen LogP contribution in [0.5, 0.6) is 5.75 Å². The molecule has 0 spiro atoms. The summed E-state index contributed by atoms with van der Waals surface area (Å²) in [7, 11) is 1.65. The van der Waals surface area contributed by atoms with Gasteiger partial charge in [0.05, 0.1) is 18.5 Å². The number of carbonyl (C=O) groups excluding carboxylic acids is 1. The normalized spacial score (nSPS) is 15.8. The van der Waals surface area contributed by atoms with Gasteiger partial charge in [0, 0.05) is 12.1 Å². The number of hydrogen-bond donors (Lipinski definition) is 2. The summed E-state index contributed by atoms with van der Waals surface area (Å²) in [6, 6.07) is 19.5. The predicted molar refractivity (Wildman–Crippen MR) is 121 cm³/mol. The van der Waals surface area contributed by atoms with Gasteiger partial charge in [-0.25, -0.2) is 4.68 Å². The van der Waals surface area contributed by atoms with E-state index in [0.717, 1.165) is 48.6 Å². The van der Waals surface area contributed by atoms with Crippen molar-refractivity contribution in [1.82, 2.24) is 20.4 Å². The molecule has 7 heteroatoms. The van der Waals surface area contributed by atoms with Crippen LogP contribution >= 0.6 is 12.4 Å². The number of hydrogen-bond acceptors (Lipinski definition) is 4. The van der Waals surface area contributed by atoms with Gasteiger partial charge < -0.3 is 15.4 Å². The summed E-state index contributed by atoms with van der Waals surface area (Å²) in [6.45, 7) is 2.69. The number of methoxy groups -OCH3 is 1. The zero-order valence-corrected chi connectivity index (χ0v) is 17.8. The molecule has 1 aliphatic rings. The Bertz CT molecular complexity index is 951. The van der Waals surface area contributed by atoms with E-state index in [2.05, 4.69) is 15.7 Å². The molecule has 1 aromatic heterocycles. The number of halogens is 1. The Morgan fingerprint density at radius 2 is 1.97 bits per heavy atom. The van der Waals surface area contributed by atoms with Crippen molar-refractivity contribution in [2.24, 2.45) is 5.92 Å². The first-order valence-corrected chi connectivity index (χ1v) is 10.0. The lowest BCUT2D eigenvalue weighted by Gasteiger charge is -2.22. The lowest BCUT2D eigenvalue weighted by atomic mass is 10.00. The first-order valence-electron chi connectivity index (χ1n) is 10.0. The van der Waals surface area contributed by atoms with Crippen LogP contribution in [0.15, 0.2) is 60.7 Å². The van der Waals surface area contributed by atoms with Gasteiger partial charge in [-0.3, -0.25) is 4.79 Å². The smallest absolute Gasteiger partial charge is 0.271 e. The third-order valence-corrected chi connectivity index (χ3v) is 5.28. The number of nitrogens with zero attached hydrogens (tertiary/aromatic N) is 2. The van der Waals surface area contributed by atoms with Crippen molar-refractivity contribution in [1.29, 1.82) is 0 Å². The Hall–Kier alpha value is -2.83. The Kier molecular flexibility index (Phi) is 7.49. The van der Waals surface area contributed by atoms with Gasteiger partial charge in [0.25, 0.3) is 5.91 Å². The van der Waals surface area contributed by atoms with Crippen molar-refractivity contribution in [2.45, 2.75) is 12.8 Å². The number of amides is 1. The van der Waals surface area contributed by atoms with Crippen molar-refractivity contribution in [2.75, 3.05) is 26.7 Å². The monoisotopic (exact) mass is 426 g/mol. The van der Waals surface area contributed by atoms with Gasteiger partial charge in [-0.05, 0) is 74.3 Å². The fraction of sp³-hybridized carbons (Fsp3) is 0.304. The maximum atomic E-state index is 12.8. The minimum absolute atomic E-state index is 0. The Morgan fingerprint density at radius 1 is 1.20 bits per heavy atom. The molecule has 3 aromatic rings. The van der Waals surface area contributed by atoms with Crippen LogP contribution in [0.2, 0.25) is 0 Å². The molecule has 4 rings (SSSR count). The number of piperidine rings is 1. The first kappa shape index (κ1) is 21.9. The summed E-state index contributed by atoms with van der Waals surface area (Å²) < 4.78 is 7.08. The molecule has 0 radical (unpaired) electrons. The largest absolute Gasteiger partial charge is 0.497 e. The van der Waals surface area contributed by atoms with Crippen LogP contribution in [0.4, 0.5) is 0 Å². The lowest BCUT2D eigenvalue weighted by molar-refractivity contribution is 0.0939. The molecule has 1 unspecified atom stereocenters. The Balaban J connectivity index is 0.00000256. The molecule has 158 valence electrons. The second-order valence-electron chi connectivity index (χ2n) is 7.31. The van der Waals surface area contributed by atoms with E-state index in [-0.39, 0.29) is 18.3 Å². The van der Waals surface area contributed by atoms with Crippen molar-refractivity contribution in [3.05, 3.63) is 66.4 Å². The van der Waals surface area contributed by atoms with Gasteiger partial charge >= 0.3 is 0 Å². The van der Waals surface area contributed by atoms with Gasteiger partial charge in [-0.15, -0.1) is 12.4 Å². The summed E-state index contributed by atoms with van der Waals surface area (Å²) in [5.41, 5.74) is 3.17. The van der Waals surface area contributed by atoms with Crippen LogP contribution in [-0.4, -0.2) is 42.4 Å². The highest BCUT2D eigenvalue weighted by molar-refractivity contribution is 5.93. The molecule has 6 nitrogen and oxygen atoms in total. The van der Waals surface area contributed by atoms with Crippen molar-refractivity contribution < 1.29 is 9.53 Å². The second-order valence-corrected chi connectivity index (χ2v) is 7.31. The number of nitrogens with one attached hydrogen (secondary N) is 2. The molecule has 1 atom stereocenters. The number of aromatic nitrogens is 2. The predicted octanol–water partition coefficient (Wildman–Crippen LogP) is 3.70. The van der Waals surface area contributed by atoms with Gasteiger partial charge in [0.15, 0.2) is 5.69 Å². The topological polar surface area (TPSA) is 68.2 Å². The van der Waals surface area contributed by atoms with E-state index in [1.54, 1.807) is 7.11 Å². The fourth-order valence-electron chi connectivity index (χ4n) is 3.65. The zero-order valence-electron chi connectivity index (χ0n) is 17.0. The minimum atomic E-state index is -0.139. The van der Waals surface area contributed by atoms with Crippen molar-refractivity contribution in [3.8, 4) is 22.7 Å². The second kappa shape index (κ2) is 10.3. The zero-order chi connectivity index (χ0) is 20.1. The molecular formula is C23H27ClN4O2. The molecule has 1 saturated heterocycles. The van der Waals surface area contributed by atoms with Gasteiger partial charge in [0.1, 0.15) is 5.75 Å². The summed E-state index contributed by atoms with van der Waals surface area (Å²) in [5, 5.41) is 11.1. The van der Waals surface area contributed by atoms with E-state index in [9.17, 15) is 4.79 Å².